The Bertz CT molecular complexity index is 1230. The number of carboxylic acid groups (broad SMARTS) is 1. The number of hydrogen-bond acceptors (Lipinski definition) is 4. The maximum Gasteiger partial charge on any atom is 0.416 e. The summed E-state index contributed by atoms with van der Waals surface area (Å²) >= 11 is 0. The van der Waals surface area contributed by atoms with Gasteiger partial charge in [0.25, 0.3) is 0 Å². The van der Waals surface area contributed by atoms with E-state index in [2.05, 4.69) is 16.8 Å². The van der Waals surface area contributed by atoms with Gasteiger partial charge in [0.15, 0.2) is 0 Å². The van der Waals surface area contributed by atoms with E-state index in [0.29, 0.717) is 37.3 Å². The zero-order valence-corrected chi connectivity index (χ0v) is 20.4. The van der Waals surface area contributed by atoms with E-state index in [-0.39, 0.29) is 12.8 Å². The number of hydrogen-bond donors (Lipinski definition) is 2. The number of pyridine rings is 1. The summed E-state index contributed by atoms with van der Waals surface area (Å²) in [6.45, 7) is 0.388. The summed E-state index contributed by atoms with van der Waals surface area (Å²) in [6.07, 6.45) is -1.03. The van der Waals surface area contributed by atoms with Crippen molar-refractivity contribution >= 4 is 16.9 Å². The normalized spacial score (nSPS) is 12.1. The van der Waals surface area contributed by atoms with Gasteiger partial charge in [-0.1, -0.05) is 30.3 Å². The van der Waals surface area contributed by atoms with E-state index in [4.69, 9.17) is 9.84 Å². The number of halogens is 3. The van der Waals surface area contributed by atoms with Gasteiger partial charge in [-0.2, -0.15) is 13.2 Å². The summed E-state index contributed by atoms with van der Waals surface area (Å²) in [5.41, 5.74) is 1.51. The number of unbranched alkanes of at least 4 members (excludes halogenated alkanes) is 3. The van der Waals surface area contributed by atoms with E-state index in [1.807, 2.05) is 30.3 Å². The topological polar surface area (TPSA) is 79.7 Å². The number of aliphatic hydroxyl groups excluding tert-OH is 1. The maximum absolute atomic E-state index is 12.7. The van der Waals surface area contributed by atoms with Gasteiger partial charge >= 0.3 is 12.1 Å². The Morgan fingerprint density at radius 2 is 1.76 bits per heavy atom. The summed E-state index contributed by atoms with van der Waals surface area (Å²) in [5, 5.41) is 20.3. The molecular formula is C29H30F3NO4. The van der Waals surface area contributed by atoms with Gasteiger partial charge in [-0.15, -0.1) is 11.8 Å². The van der Waals surface area contributed by atoms with Crippen molar-refractivity contribution < 1.29 is 32.9 Å². The quantitative estimate of drug-likeness (QED) is 0.207. The third kappa shape index (κ3) is 9.10. The smallest absolute Gasteiger partial charge is 0.416 e. The van der Waals surface area contributed by atoms with Crippen molar-refractivity contribution in [2.45, 2.75) is 63.6 Å². The Labute approximate surface area is 214 Å². The Morgan fingerprint density at radius 3 is 2.49 bits per heavy atom. The number of carboxylic acids is 1. The van der Waals surface area contributed by atoms with Gasteiger partial charge in [-0.25, -0.2) is 4.98 Å². The molecule has 0 aliphatic heterocycles. The largest absolute Gasteiger partial charge is 0.481 e. The number of ether oxygens (including phenoxy) is 1. The van der Waals surface area contributed by atoms with Crippen LogP contribution in [0.5, 0.6) is 5.88 Å². The van der Waals surface area contributed by atoms with Gasteiger partial charge in [-0.3, -0.25) is 4.79 Å². The van der Waals surface area contributed by atoms with Gasteiger partial charge in [0, 0.05) is 30.2 Å². The van der Waals surface area contributed by atoms with Crippen LogP contribution in [0.25, 0.3) is 10.9 Å². The van der Waals surface area contributed by atoms with Crippen LogP contribution in [-0.2, 0) is 17.4 Å². The van der Waals surface area contributed by atoms with Crippen molar-refractivity contribution in [3.8, 4) is 17.7 Å². The zero-order chi connectivity index (χ0) is 26.7. The fraction of sp³-hybridized carbons (Fsp3) is 0.379. The highest BCUT2D eigenvalue weighted by atomic mass is 19.4. The highest BCUT2D eigenvalue weighted by molar-refractivity contribution is 5.80. The lowest BCUT2D eigenvalue weighted by atomic mass is 10.0. The number of aromatic nitrogens is 1. The molecule has 0 saturated carbocycles. The highest BCUT2D eigenvalue weighted by Gasteiger charge is 2.29. The molecule has 0 spiro atoms. The molecular weight excluding hydrogens is 483 g/mol. The third-order valence-electron chi connectivity index (χ3n) is 5.82. The third-order valence-corrected chi connectivity index (χ3v) is 5.82. The van der Waals surface area contributed by atoms with Crippen LogP contribution in [0.4, 0.5) is 13.2 Å². The number of benzene rings is 2. The summed E-state index contributed by atoms with van der Waals surface area (Å²) in [6, 6.07) is 14.6. The van der Waals surface area contributed by atoms with Gasteiger partial charge in [0.05, 0.1) is 23.8 Å². The first kappa shape index (κ1) is 28.0. The predicted octanol–water partition coefficient (Wildman–Crippen LogP) is 6.73. The minimum absolute atomic E-state index is 0.0636. The van der Waals surface area contributed by atoms with E-state index in [1.54, 1.807) is 0 Å². The number of aliphatic hydroxyl groups is 1. The lowest BCUT2D eigenvalue weighted by molar-refractivity contribution is -0.138. The molecule has 0 amide bonds. The molecule has 2 N–H and O–H groups in total. The molecule has 0 fully saturated rings. The molecule has 37 heavy (non-hydrogen) atoms. The van der Waals surface area contributed by atoms with Crippen molar-refractivity contribution in [3.63, 3.8) is 0 Å². The molecule has 0 aliphatic carbocycles. The molecule has 3 rings (SSSR count). The standard InChI is InChI=1S/C29H30F3NO4/c30-29(31,32)23-17-15-21(16-18-23)10-4-3-9-19-37-28-24(20-22-11-7-8-12-25(22)33-28)26(34)13-5-1-2-6-14-27(35)36/h7-8,11-12,15-18,20,26,34H,2-4,6,9-10,13-14,19H2,(H,35,36). The molecule has 1 heterocycles. The average Bonchev–Trinajstić information content (AvgIpc) is 2.87. The van der Waals surface area contributed by atoms with Gasteiger partial charge in [0.1, 0.15) is 0 Å². The molecule has 2 aromatic carbocycles. The molecule has 1 atom stereocenters. The molecule has 0 saturated heterocycles. The molecule has 196 valence electrons. The van der Waals surface area contributed by atoms with E-state index >= 15 is 0 Å². The van der Waals surface area contributed by atoms with E-state index in [1.165, 1.54) is 12.1 Å². The van der Waals surface area contributed by atoms with E-state index < -0.39 is 23.8 Å². The van der Waals surface area contributed by atoms with Crippen LogP contribution >= 0.6 is 0 Å². The number of aliphatic carboxylic acids is 1. The number of alkyl halides is 3. The predicted molar refractivity (Wildman–Crippen MR) is 135 cm³/mol. The Morgan fingerprint density at radius 1 is 1.00 bits per heavy atom. The van der Waals surface area contributed by atoms with Crippen molar-refractivity contribution in [2.75, 3.05) is 6.61 Å². The first-order valence-corrected chi connectivity index (χ1v) is 12.3. The summed E-state index contributed by atoms with van der Waals surface area (Å²) in [7, 11) is 0. The van der Waals surface area contributed by atoms with Crippen molar-refractivity contribution in [1.29, 1.82) is 0 Å². The van der Waals surface area contributed by atoms with Crippen molar-refractivity contribution in [3.05, 3.63) is 71.3 Å². The van der Waals surface area contributed by atoms with E-state index in [0.717, 1.165) is 47.9 Å². The summed E-state index contributed by atoms with van der Waals surface area (Å²) in [4.78, 5) is 15.2. The van der Waals surface area contributed by atoms with E-state index in [9.17, 15) is 23.1 Å². The molecule has 0 bridgehead atoms. The number of fused-ring (bicyclic) bond motifs is 1. The fourth-order valence-corrected chi connectivity index (χ4v) is 3.80. The van der Waals surface area contributed by atoms with Gasteiger partial charge < -0.3 is 14.9 Å². The lowest BCUT2D eigenvalue weighted by Crippen LogP contribution is -2.06. The molecule has 8 heteroatoms. The number of rotatable bonds is 12. The average molecular weight is 514 g/mol. The van der Waals surface area contributed by atoms with Gasteiger partial charge in [0.2, 0.25) is 5.88 Å². The molecule has 1 aromatic heterocycles. The monoisotopic (exact) mass is 513 g/mol. The Balaban J connectivity index is 1.52. The minimum atomic E-state index is -4.33. The van der Waals surface area contributed by atoms with Gasteiger partial charge in [-0.05, 0) is 61.9 Å². The van der Waals surface area contributed by atoms with Crippen LogP contribution in [0.2, 0.25) is 0 Å². The fourth-order valence-electron chi connectivity index (χ4n) is 3.80. The molecule has 0 radical (unpaired) electrons. The van der Waals surface area contributed by atoms with Crippen LogP contribution in [-0.4, -0.2) is 27.8 Å². The second-order valence-electron chi connectivity index (χ2n) is 8.75. The van der Waals surface area contributed by atoms with Crippen molar-refractivity contribution in [1.82, 2.24) is 4.98 Å². The molecule has 1 unspecified atom stereocenters. The SMILES string of the molecule is O=C(O)CCCC#CCC(O)c1cc2ccccc2nc1OCCCCCc1ccc(C(F)(F)F)cc1. The highest BCUT2D eigenvalue weighted by Crippen LogP contribution is 2.30. The summed E-state index contributed by atoms with van der Waals surface area (Å²) in [5.74, 6) is 5.30. The lowest BCUT2D eigenvalue weighted by Gasteiger charge is -2.15. The molecule has 3 aromatic rings. The second-order valence-corrected chi connectivity index (χ2v) is 8.75. The first-order valence-electron chi connectivity index (χ1n) is 12.3. The van der Waals surface area contributed by atoms with Crippen LogP contribution in [0.15, 0.2) is 54.6 Å². The van der Waals surface area contributed by atoms with Crippen molar-refractivity contribution in [2.24, 2.45) is 0 Å². The summed E-state index contributed by atoms with van der Waals surface area (Å²) < 4.78 is 44.0. The molecule has 0 aliphatic rings. The number of nitrogens with zero attached hydrogens (tertiary/aromatic N) is 1. The Kier molecular flexibility index (Phi) is 10.3. The zero-order valence-electron chi connectivity index (χ0n) is 20.4. The van der Waals surface area contributed by atoms with Crippen LogP contribution in [0.1, 0.15) is 67.7 Å². The first-order chi connectivity index (χ1) is 17.7. The number of carbonyl (C=O) groups is 1. The minimum Gasteiger partial charge on any atom is -0.481 e. The number of aryl methyl sites for hydroxylation is 1. The Hall–Kier alpha value is -3.57. The van der Waals surface area contributed by atoms with Crippen LogP contribution in [0.3, 0.4) is 0 Å². The molecule has 5 nitrogen and oxygen atoms in total. The van der Waals surface area contributed by atoms with Crippen LogP contribution in [0, 0.1) is 11.8 Å². The maximum atomic E-state index is 12.7. The number of para-hydroxylation sites is 1. The second kappa shape index (κ2) is 13.7. The van der Waals surface area contributed by atoms with Crippen LogP contribution < -0.4 is 4.74 Å².